The first-order chi connectivity index (χ1) is 16.1. The number of aliphatic hydroxyl groups excluding tert-OH is 1. The van der Waals surface area contributed by atoms with E-state index in [0.717, 1.165) is 41.6 Å². The van der Waals surface area contributed by atoms with Crippen molar-refractivity contribution in [3.8, 4) is 0 Å². The highest BCUT2D eigenvalue weighted by Gasteiger charge is 2.36. The van der Waals surface area contributed by atoms with Crippen molar-refractivity contribution in [1.82, 2.24) is 20.5 Å². The molecule has 1 aromatic carbocycles. The number of fused-ring (bicyclic) bond motifs is 4. The summed E-state index contributed by atoms with van der Waals surface area (Å²) in [6.07, 6.45) is 5.54. The first kappa shape index (κ1) is 21.7. The second-order valence-electron chi connectivity index (χ2n) is 8.87. The van der Waals surface area contributed by atoms with Crippen molar-refractivity contribution in [3.05, 3.63) is 59.4 Å². The molecule has 2 aromatic rings. The number of anilines is 1. The van der Waals surface area contributed by atoms with Gasteiger partial charge in [-0.15, -0.1) is 0 Å². The van der Waals surface area contributed by atoms with Crippen LogP contribution in [-0.4, -0.2) is 58.8 Å². The van der Waals surface area contributed by atoms with Crippen LogP contribution in [-0.2, 0) is 16.1 Å². The third-order valence-corrected chi connectivity index (χ3v) is 6.70. The molecule has 2 saturated heterocycles. The number of nitrogens with one attached hydrogen (secondary N) is 3. The zero-order valence-electron chi connectivity index (χ0n) is 18.4. The van der Waals surface area contributed by atoms with E-state index in [1.165, 1.54) is 0 Å². The number of likely N-dealkylation sites (tertiary alicyclic amines) is 1. The predicted octanol–water partition coefficient (Wildman–Crippen LogP) is 1.86. The van der Waals surface area contributed by atoms with Gasteiger partial charge < -0.3 is 30.7 Å². The second-order valence-corrected chi connectivity index (χ2v) is 8.87. The Morgan fingerprint density at radius 2 is 2.18 bits per heavy atom. The third-order valence-electron chi connectivity index (χ3n) is 6.70. The summed E-state index contributed by atoms with van der Waals surface area (Å²) in [6, 6.07) is 9.43. The minimum Gasteiger partial charge on any atom is -0.389 e. The van der Waals surface area contributed by atoms with Crippen molar-refractivity contribution < 1.29 is 19.4 Å². The van der Waals surface area contributed by atoms with E-state index in [-0.39, 0.29) is 36.7 Å². The summed E-state index contributed by atoms with van der Waals surface area (Å²) >= 11 is 0. The van der Waals surface area contributed by atoms with Crippen LogP contribution in [0.25, 0.3) is 0 Å². The van der Waals surface area contributed by atoms with Gasteiger partial charge in [-0.3, -0.25) is 9.78 Å². The van der Waals surface area contributed by atoms with E-state index in [9.17, 15) is 14.7 Å². The van der Waals surface area contributed by atoms with Crippen molar-refractivity contribution in [1.29, 1.82) is 0 Å². The Morgan fingerprint density at radius 1 is 1.27 bits per heavy atom. The van der Waals surface area contributed by atoms with Crippen LogP contribution < -0.4 is 16.0 Å². The average molecular weight is 452 g/mol. The standard InChI is InChI=1S/C24H29N5O4/c30-21-14-33-22-10-19(21)28-18-6-5-15(9-17(18)22)11-26-24(32)27-13-23(31)29-8-2-4-20(29)16-3-1-7-25-12-16/h1,3,5-7,9,12,19-22,28,30H,2,4,8,10-11,13-14H2,(H2,26,27,32)/t19-,20?,21+,22-/m0/s1. The maximum atomic E-state index is 12.7. The van der Waals surface area contributed by atoms with Crippen LogP contribution in [0.3, 0.4) is 0 Å². The molecule has 3 amide bonds. The number of urea groups is 1. The Kier molecular flexibility index (Phi) is 6.15. The monoisotopic (exact) mass is 451 g/mol. The molecule has 4 heterocycles. The molecule has 9 nitrogen and oxygen atoms in total. The molecule has 4 N–H and O–H groups in total. The van der Waals surface area contributed by atoms with Crippen molar-refractivity contribution in [2.45, 2.75) is 50.1 Å². The van der Waals surface area contributed by atoms with Crippen LogP contribution in [0.2, 0.25) is 0 Å². The summed E-state index contributed by atoms with van der Waals surface area (Å²) in [5, 5.41) is 18.9. The molecule has 3 aliphatic rings. The minimum absolute atomic E-state index is 0.0110. The Bertz CT molecular complexity index is 1020. The van der Waals surface area contributed by atoms with Crippen molar-refractivity contribution in [3.63, 3.8) is 0 Å². The van der Waals surface area contributed by atoms with E-state index < -0.39 is 6.10 Å². The van der Waals surface area contributed by atoms with Crippen LogP contribution >= 0.6 is 0 Å². The molecule has 0 aliphatic carbocycles. The van der Waals surface area contributed by atoms with Gasteiger partial charge in [-0.05, 0) is 42.2 Å². The van der Waals surface area contributed by atoms with Gasteiger partial charge in [0.25, 0.3) is 0 Å². The molecule has 3 aliphatic heterocycles. The Morgan fingerprint density at radius 3 is 3.03 bits per heavy atom. The SMILES string of the molecule is O=C(NCC(=O)N1CCCC1c1cccnc1)NCc1ccc2c(c1)[C@@H]1C[C@H](N2)[C@H](O)CO1. The lowest BCUT2D eigenvalue weighted by Gasteiger charge is -2.40. The number of carbonyl (C=O) groups excluding carboxylic acids is 2. The van der Waals surface area contributed by atoms with Crippen LogP contribution in [0.15, 0.2) is 42.7 Å². The Labute approximate surface area is 192 Å². The highest BCUT2D eigenvalue weighted by atomic mass is 16.5. The lowest BCUT2D eigenvalue weighted by Crippen LogP contribution is -2.46. The van der Waals surface area contributed by atoms with E-state index >= 15 is 0 Å². The summed E-state index contributed by atoms with van der Waals surface area (Å²) in [7, 11) is 0. The molecule has 0 spiro atoms. The maximum Gasteiger partial charge on any atom is 0.315 e. The van der Waals surface area contributed by atoms with E-state index in [1.807, 2.05) is 35.2 Å². The molecule has 174 valence electrons. The van der Waals surface area contributed by atoms with E-state index in [2.05, 4.69) is 20.9 Å². The molecule has 9 heteroatoms. The van der Waals surface area contributed by atoms with Gasteiger partial charge in [0.2, 0.25) is 5.91 Å². The number of rotatable bonds is 5. The fourth-order valence-corrected chi connectivity index (χ4v) is 4.97. The average Bonchev–Trinajstić information content (AvgIpc) is 3.34. The van der Waals surface area contributed by atoms with E-state index in [4.69, 9.17) is 4.74 Å². The smallest absolute Gasteiger partial charge is 0.315 e. The topological polar surface area (TPSA) is 116 Å². The second kappa shape index (κ2) is 9.36. The van der Waals surface area contributed by atoms with E-state index in [0.29, 0.717) is 19.7 Å². The normalized spacial score (nSPS) is 25.7. The summed E-state index contributed by atoms with van der Waals surface area (Å²) in [4.78, 5) is 31.0. The largest absolute Gasteiger partial charge is 0.389 e. The third kappa shape index (κ3) is 4.65. The first-order valence-electron chi connectivity index (χ1n) is 11.5. The Hall–Kier alpha value is -3.17. The molecule has 1 unspecified atom stereocenters. The number of aliphatic hydroxyl groups is 1. The van der Waals surface area contributed by atoms with Gasteiger partial charge in [-0.2, -0.15) is 0 Å². The molecular weight excluding hydrogens is 422 g/mol. The number of aromatic nitrogens is 1. The number of benzene rings is 1. The molecular formula is C24H29N5O4. The highest BCUT2D eigenvalue weighted by Crippen LogP contribution is 2.39. The number of nitrogens with zero attached hydrogens (tertiary/aromatic N) is 2. The molecule has 0 saturated carbocycles. The number of amides is 3. The fraction of sp³-hybridized carbons (Fsp3) is 0.458. The summed E-state index contributed by atoms with van der Waals surface area (Å²) in [6.45, 7) is 1.30. The minimum atomic E-state index is -0.498. The predicted molar refractivity (Wildman–Crippen MR) is 121 cm³/mol. The Balaban J connectivity index is 1.12. The van der Waals surface area contributed by atoms with Crippen LogP contribution in [0, 0.1) is 0 Å². The number of ether oxygens (including phenoxy) is 1. The van der Waals surface area contributed by atoms with Crippen molar-refractivity contribution in [2.75, 3.05) is 25.0 Å². The molecule has 33 heavy (non-hydrogen) atoms. The molecule has 0 radical (unpaired) electrons. The number of hydrogen-bond acceptors (Lipinski definition) is 6. The van der Waals surface area contributed by atoms with Crippen LogP contribution in [0.5, 0.6) is 0 Å². The number of carbonyl (C=O) groups is 2. The van der Waals surface area contributed by atoms with Gasteiger partial charge >= 0.3 is 6.03 Å². The quantitative estimate of drug-likeness (QED) is 0.552. The van der Waals surface area contributed by atoms with Crippen molar-refractivity contribution in [2.24, 2.45) is 0 Å². The lowest BCUT2D eigenvalue weighted by molar-refractivity contribution is -0.131. The van der Waals surface area contributed by atoms with Crippen LogP contribution in [0.1, 0.15) is 48.1 Å². The first-order valence-corrected chi connectivity index (χ1v) is 11.5. The summed E-state index contributed by atoms with van der Waals surface area (Å²) in [5.41, 5.74) is 3.98. The van der Waals surface area contributed by atoms with Crippen molar-refractivity contribution >= 4 is 17.6 Å². The highest BCUT2D eigenvalue weighted by molar-refractivity contribution is 5.84. The number of pyridine rings is 1. The molecule has 4 atom stereocenters. The molecule has 2 bridgehead atoms. The number of hydrogen-bond donors (Lipinski definition) is 4. The van der Waals surface area contributed by atoms with Gasteiger partial charge in [-0.1, -0.05) is 12.1 Å². The zero-order valence-corrected chi connectivity index (χ0v) is 18.4. The zero-order chi connectivity index (χ0) is 22.8. The lowest BCUT2D eigenvalue weighted by atomic mass is 9.89. The van der Waals surface area contributed by atoms with Gasteiger partial charge in [0.15, 0.2) is 0 Å². The van der Waals surface area contributed by atoms with Gasteiger partial charge in [0.05, 0.1) is 37.4 Å². The van der Waals surface area contributed by atoms with Gasteiger partial charge in [0, 0.05) is 43.2 Å². The maximum absolute atomic E-state index is 12.7. The molecule has 5 rings (SSSR count). The van der Waals surface area contributed by atoms with E-state index in [1.54, 1.807) is 12.4 Å². The summed E-state index contributed by atoms with van der Waals surface area (Å²) < 4.78 is 5.79. The molecule has 2 fully saturated rings. The molecule has 1 aromatic heterocycles. The fourth-order valence-electron chi connectivity index (χ4n) is 4.97. The van der Waals surface area contributed by atoms with Gasteiger partial charge in [-0.25, -0.2) is 4.79 Å². The van der Waals surface area contributed by atoms with Crippen LogP contribution in [0.4, 0.5) is 10.5 Å². The van der Waals surface area contributed by atoms with Gasteiger partial charge in [0.1, 0.15) is 0 Å². The summed E-state index contributed by atoms with van der Waals surface area (Å²) in [5.74, 6) is -0.0949.